The van der Waals surface area contributed by atoms with Gasteiger partial charge in [0.25, 0.3) is 0 Å². The summed E-state index contributed by atoms with van der Waals surface area (Å²) in [5, 5.41) is 6.01. The summed E-state index contributed by atoms with van der Waals surface area (Å²) in [7, 11) is -3.15. The van der Waals surface area contributed by atoms with E-state index in [2.05, 4.69) is 17.6 Å². The van der Waals surface area contributed by atoms with Gasteiger partial charge in [-0.25, -0.2) is 8.42 Å². The third kappa shape index (κ3) is 4.60. The number of hydrogen-bond donors (Lipinski definition) is 2. The molecule has 1 saturated heterocycles. The van der Waals surface area contributed by atoms with Gasteiger partial charge in [0.2, 0.25) is 15.9 Å². The van der Waals surface area contributed by atoms with Gasteiger partial charge >= 0.3 is 0 Å². The van der Waals surface area contributed by atoms with E-state index in [1.807, 2.05) is 0 Å². The van der Waals surface area contributed by atoms with Crippen molar-refractivity contribution >= 4 is 27.3 Å². The molecule has 1 heterocycles. The first-order valence-corrected chi connectivity index (χ1v) is 9.69. The third-order valence-electron chi connectivity index (χ3n) is 3.86. The molecule has 1 amide bonds. The van der Waals surface area contributed by atoms with Crippen LogP contribution in [-0.4, -0.2) is 39.2 Å². The van der Waals surface area contributed by atoms with Crippen molar-refractivity contribution in [3.8, 4) is 0 Å². The predicted octanol–water partition coefficient (Wildman–Crippen LogP) is 1.94. The number of carbonyl (C=O) groups is 1. The number of rotatable bonds is 7. The Labute approximate surface area is 138 Å². The zero-order chi connectivity index (χ0) is 16.9. The molecule has 23 heavy (non-hydrogen) atoms. The van der Waals surface area contributed by atoms with Crippen molar-refractivity contribution < 1.29 is 13.2 Å². The first kappa shape index (κ1) is 17.6. The molecular weight excluding hydrogens is 314 g/mol. The molecule has 128 valence electrons. The highest BCUT2D eigenvalue weighted by Gasteiger charge is 2.28. The van der Waals surface area contributed by atoms with Crippen molar-refractivity contribution in [2.45, 2.75) is 39.2 Å². The second-order valence-electron chi connectivity index (χ2n) is 5.80. The molecule has 1 atom stereocenters. The molecule has 0 aromatic heterocycles. The van der Waals surface area contributed by atoms with E-state index in [0.717, 1.165) is 18.5 Å². The molecule has 1 aromatic rings. The molecule has 0 unspecified atom stereocenters. The second-order valence-corrected chi connectivity index (χ2v) is 7.81. The number of sulfonamides is 1. The van der Waals surface area contributed by atoms with Gasteiger partial charge in [0.15, 0.2) is 0 Å². The Morgan fingerprint density at radius 1 is 1.30 bits per heavy atom. The van der Waals surface area contributed by atoms with Crippen LogP contribution in [0.3, 0.4) is 0 Å². The first-order chi connectivity index (χ1) is 10.9. The van der Waals surface area contributed by atoms with Crippen LogP contribution in [0.5, 0.6) is 0 Å². The predicted molar refractivity (Wildman–Crippen MR) is 93.2 cm³/mol. The molecule has 1 fully saturated rings. The van der Waals surface area contributed by atoms with E-state index in [4.69, 9.17) is 0 Å². The summed E-state index contributed by atoms with van der Waals surface area (Å²) in [6.07, 6.45) is 2.68. The van der Waals surface area contributed by atoms with Crippen molar-refractivity contribution in [2.24, 2.45) is 0 Å². The van der Waals surface area contributed by atoms with Gasteiger partial charge in [0.1, 0.15) is 6.04 Å². The molecule has 1 aliphatic rings. The molecular formula is C16H25N3O3S. The molecule has 0 spiro atoms. The largest absolute Gasteiger partial charge is 0.374 e. The molecule has 0 aliphatic carbocycles. The Hall–Kier alpha value is -1.76. The van der Waals surface area contributed by atoms with Crippen LogP contribution in [-0.2, 0) is 14.8 Å². The van der Waals surface area contributed by atoms with Crippen molar-refractivity contribution in [1.29, 1.82) is 0 Å². The van der Waals surface area contributed by atoms with Crippen LogP contribution < -0.4 is 14.9 Å². The van der Waals surface area contributed by atoms with Crippen LogP contribution in [0.2, 0.25) is 0 Å². The first-order valence-electron chi connectivity index (χ1n) is 8.09. The summed E-state index contributed by atoms with van der Waals surface area (Å²) in [4.78, 5) is 11.9. The standard InChI is InChI=1S/C16H25N3O3S/c1-3-4-10-17-16(20)13(2)18-14-6-8-15(9-7-14)19-11-5-12-23(19,21)22/h6-9,13,18H,3-5,10-12H2,1-2H3,(H,17,20)/t13-/m1/s1. The summed E-state index contributed by atoms with van der Waals surface area (Å²) in [6.45, 7) is 5.11. The van der Waals surface area contributed by atoms with E-state index in [9.17, 15) is 13.2 Å². The minimum absolute atomic E-state index is 0.0374. The van der Waals surface area contributed by atoms with E-state index in [0.29, 0.717) is 25.2 Å². The quantitative estimate of drug-likeness (QED) is 0.744. The molecule has 1 aliphatic heterocycles. The van der Waals surface area contributed by atoms with Crippen molar-refractivity contribution in [3.63, 3.8) is 0 Å². The summed E-state index contributed by atoms with van der Waals surface area (Å²) in [5.41, 5.74) is 1.47. The number of anilines is 2. The van der Waals surface area contributed by atoms with Crippen LogP contribution >= 0.6 is 0 Å². The number of nitrogens with one attached hydrogen (secondary N) is 2. The SMILES string of the molecule is CCCCNC(=O)[C@@H](C)Nc1ccc(N2CCCS2(=O)=O)cc1. The lowest BCUT2D eigenvalue weighted by atomic mass is 10.2. The maximum atomic E-state index is 11.9. The maximum absolute atomic E-state index is 11.9. The van der Waals surface area contributed by atoms with E-state index in [-0.39, 0.29) is 17.7 Å². The lowest BCUT2D eigenvalue weighted by Crippen LogP contribution is -2.38. The average molecular weight is 339 g/mol. The summed E-state index contributed by atoms with van der Waals surface area (Å²) in [5.74, 6) is 0.173. The fraction of sp³-hybridized carbons (Fsp3) is 0.562. The zero-order valence-electron chi connectivity index (χ0n) is 13.7. The fourth-order valence-electron chi connectivity index (χ4n) is 2.51. The molecule has 1 aromatic carbocycles. The third-order valence-corrected chi connectivity index (χ3v) is 5.73. The van der Waals surface area contributed by atoms with E-state index in [1.165, 1.54) is 4.31 Å². The number of nitrogens with zero attached hydrogens (tertiary/aromatic N) is 1. The number of unbranched alkanes of at least 4 members (excludes halogenated alkanes) is 1. The highest BCUT2D eigenvalue weighted by Crippen LogP contribution is 2.25. The van der Waals surface area contributed by atoms with Crippen molar-refractivity contribution in [3.05, 3.63) is 24.3 Å². The summed E-state index contributed by atoms with van der Waals surface area (Å²) in [6, 6.07) is 6.81. The molecule has 2 rings (SSSR count). The molecule has 0 bridgehead atoms. The Bertz CT molecular complexity index is 628. The van der Waals surface area contributed by atoms with Gasteiger partial charge in [-0.05, 0) is 44.0 Å². The van der Waals surface area contributed by atoms with Gasteiger partial charge in [-0.3, -0.25) is 9.10 Å². The highest BCUT2D eigenvalue weighted by molar-refractivity contribution is 7.93. The summed E-state index contributed by atoms with van der Waals surface area (Å²) >= 11 is 0. The number of carbonyl (C=O) groups excluding carboxylic acids is 1. The van der Waals surface area contributed by atoms with Crippen LogP contribution in [0, 0.1) is 0 Å². The lowest BCUT2D eigenvalue weighted by molar-refractivity contribution is -0.121. The number of amides is 1. The van der Waals surface area contributed by atoms with E-state index < -0.39 is 10.0 Å². The van der Waals surface area contributed by atoms with Gasteiger partial charge in [-0.1, -0.05) is 13.3 Å². The average Bonchev–Trinajstić information content (AvgIpc) is 2.87. The number of benzene rings is 1. The van der Waals surface area contributed by atoms with Crippen LogP contribution in [0.15, 0.2) is 24.3 Å². The molecule has 6 nitrogen and oxygen atoms in total. The normalized spacial score (nSPS) is 17.7. The van der Waals surface area contributed by atoms with Crippen LogP contribution in [0.25, 0.3) is 0 Å². The lowest BCUT2D eigenvalue weighted by Gasteiger charge is -2.19. The van der Waals surface area contributed by atoms with Gasteiger partial charge in [-0.2, -0.15) is 0 Å². The van der Waals surface area contributed by atoms with Crippen LogP contribution in [0.1, 0.15) is 33.1 Å². The smallest absolute Gasteiger partial charge is 0.242 e. The molecule has 0 radical (unpaired) electrons. The number of hydrogen-bond acceptors (Lipinski definition) is 4. The second kappa shape index (κ2) is 7.68. The fourth-order valence-corrected chi connectivity index (χ4v) is 4.07. The summed E-state index contributed by atoms with van der Waals surface area (Å²) < 4.78 is 25.2. The molecule has 7 heteroatoms. The Balaban J connectivity index is 1.93. The minimum Gasteiger partial charge on any atom is -0.374 e. The van der Waals surface area contributed by atoms with Gasteiger partial charge < -0.3 is 10.6 Å². The highest BCUT2D eigenvalue weighted by atomic mass is 32.2. The molecule has 0 saturated carbocycles. The van der Waals surface area contributed by atoms with E-state index in [1.54, 1.807) is 31.2 Å². The topological polar surface area (TPSA) is 78.5 Å². The Morgan fingerprint density at radius 2 is 2.00 bits per heavy atom. The zero-order valence-corrected chi connectivity index (χ0v) is 14.5. The van der Waals surface area contributed by atoms with Crippen molar-refractivity contribution in [2.75, 3.05) is 28.5 Å². The van der Waals surface area contributed by atoms with Gasteiger partial charge in [-0.15, -0.1) is 0 Å². The Morgan fingerprint density at radius 3 is 2.57 bits per heavy atom. The van der Waals surface area contributed by atoms with Gasteiger partial charge in [0.05, 0.1) is 11.4 Å². The monoisotopic (exact) mass is 339 g/mol. The maximum Gasteiger partial charge on any atom is 0.242 e. The van der Waals surface area contributed by atoms with Crippen LogP contribution in [0.4, 0.5) is 11.4 Å². The van der Waals surface area contributed by atoms with E-state index >= 15 is 0 Å². The minimum atomic E-state index is -3.15. The molecule has 2 N–H and O–H groups in total. The van der Waals surface area contributed by atoms with Crippen molar-refractivity contribution in [1.82, 2.24) is 5.32 Å². The Kier molecular flexibility index (Phi) is 5.87. The van der Waals surface area contributed by atoms with Gasteiger partial charge in [0, 0.05) is 18.8 Å².